The van der Waals surface area contributed by atoms with E-state index >= 15 is 0 Å². The number of benzene rings is 2. The van der Waals surface area contributed by atoms with Gasteiger partial charge >= 0.3 is 0 Å². The first-order valence-corrected chi connectivity index (χ1v) is 7.35. The quantitative estimate of drug-likeness (QED) is 0.705. The zero-order valence-corrected chi connectivity index (χ0v) is 10.7. The van der Waals surface area contributed by atoms with E-state index in [0.717, 1.165) is 6.16 Å². The van der Waals surface area contributed by atoms with Crippen LogP contribution in [-0.2, 0) is 6.16 Å². The summed E-state index contributed by atoms with van der Waals surface area (Å²) in [5.74, 6) is 0. The van der Waals surface area contributed by atoms with Crippen LogP contribution in [0.25, 0.3) is 6.08 Å². The van der Waals surface area contributed by atoms with Gasteiger partial charge in [0, 0.05) is 0 Å². The first-order chi connectivity index (χ1) is 8.29. The van der Waals surface area contributed by atoms with Crippen molar-refractivity contribution in [1.82, 2.24) is 0 Å². The standard InChI is InChI=1S/C16H16P/c1-3-14-9-11-15(12-10-14)13-17(2)16-7-5-4-6-8-16/h3-12H,1-2,13H2/q+1. The summed E-state index contributed by atoms with van der Waals surface area (Å²) in [6, 6.07) is 19.1. The van der Waals surface area contributed by atoms with Crippen LogP contribution in [0.15, 0.2) is 61.2 Å². The summed E-state index contributed by atoms with van der Waals surface area (Å²) >= 11 is 0. The highest BCUT2D eigenvalue weighted by Gasteiger charge is 2.10. The van der Waals surface area contributed by atoms with Crippen molar-refractivity contribution < 1.29 is 0 Å². The van der Waals surface area contributed by atoms with Crippen molar-refractivity contribution in [2.24, 2.45) is 0 Å². The van der Waals surface area contributed by atoms with Gasteiger partial charge in [0.1, 0.15) is 19.0 Å². The molecule has 1 heteroatoms. The van der Waals surface area contributed by atoms with Crippen LogP contribution in [0.3, 0.4) is 0 Å². The van der Waals surface area contributed by atoms with Crippen LogP contribution in [0.1, 0.15) is 11.1 Å². The van der Waals surface area contributed by atoms with Gasteiger partial charge in [0.15, 0.2) is 0 Å². The molecule has 0 amide bonds. The third-order valence-electron chi connectivity index (χ3n) is 2.71. The molecule has 1 atom stereocenters. The maximum atomic E-state index is 4.29. The van der Waals surface area contributed by atoms with Gasteiger partial charge in [-0.2, -0.15) is 0 Å². The van der Waals surface area contributed by atoms with Gasteiger partial charge in [0.05, 0.1) is 6.30 Å². The smallest absolute Gasteiger partial charge is 0.0985 e. The molecule has 0 spiro atoms. The average Bonchev–Trinajstić information content (AvgIpc) is 2.40. The summed E-state index contributed by atoms with van der Waals surface area (Å²) in [6.07, 6.45) is 7.20. The molecule has 0 fully saturated rings. The van der Waals surface area contributed by atoms with Crippen molar-refractivity contribution in [2.75, 3.05) is 0 Å². The lowest BCUT2D eigenvalue weighted by atomic mass is 10.1. The van der Waals surface area contributed by atoms with Crippen molar-refractivity contribution in [3.8, 4) is 0 Å². The molecule has 0 aliphatic heterocycles. The van der Waals surface area contributed by atoms with Crippen molar-refractivity contribution in [1.29, 1.82) is 0 Å². The lowest BCUT2D eigenvalue weighted by molar-refractivity contribution is 1.40. The third-order valence-corrected chi connectivity index (χ3v) is 4.49. The van der Waals surface area contributed by atoms with Crippen LogP contribution in [0, 0.1) is 0 Å². The molecule has 0 heterocycles. The van der Waals surface area contributed by atoms with E-state index in [1.165, 1.54) is 16.4 Å². The molecule has 0 saturated heterocycles. The highest BCUT2D eigenvalue weighted by Crippen LogP contribution is 2.25. The zero-order chi connectivity index (χ0) is 12.1. The van der Waals surface area contributed by atoms with E-state index in [9.17, 15) is 0 Å². The Kier molecular flexibility index (Phi) is 3.90. The predicted octanol–water partition coefficient (Wildman–Crippen LogP) is 4.07. The van der Waals surface area contributed by atoms with Crippen molar-refractivity contribution >= 4 is 25.2 Å². The first-order valence-electron chi connectivity index (χ1n) is 5.64. The molecule has 0 bridgehead atoms. The molecule has 2 aromatic carbocycles. The maximum absolute atomic E-state index is 4.29. The molecular formula is C16H16P+. The van der Waals surface area contributed by atoms with Crippen LogP contribution in [0.4, 0.5) is 0 Å². The fourth-order valence-corrected chi connectivity index (χ4v) is 3.14. The maximum Gasteiger partial charge on any atom is 0.148 e. The molecule has 84 valence electrons. The van der Waals surface area contributed by atoms with Gasteiger partial charge in [-0.05, 0) is 23.3 Å². The number of rotatable bonds is 4. The Hall–Kier alpha value is -1.65. The summed E-state index contributed by atoms with van der Waals surface area (Å²) < 4.78 is 0. The van der Waals surface area contributed by atoms with Gasteiger partial charge in [0.2, 0.25) is 0 Å². The van der Waals surface area contributed by atoms with Crippen LogP contribution < -0.4 is 5.30 Å². The van der Waals surface area contributed by atoms with E-state index in [4.69, 9.17) is 0 Å². The topological polar surface area (TPSA) is 0 Å². The Balaban J connectivity index is 2.10. The summed E-state index contributed by atoms with van der Waals surface area (Å²) in [5.41, 5.74) is 2.52. The molecule has 0 saturated carbocycles. The molecule has 2 rings (SSSR count). The van der Waals surface area contributed by atoms with Crippen LogP contribution in [0.5, 0.6) is 0 Å². The third kappa shape index (κ3) is 3.15. The SMILES string of the molecule is C=Cc1ccc(C[P+](=C)c2ccccc2)cc1. The monoisotopic (exact) mass is 239 g/mol. The normalized spacial score (nSPS) is 10.9. The molecule has 0 radical (unpaired) electrons. The van der Waals surface area contributed by atoms with E-state index in [2.05, 4.69) is 61.4 Å². The minimum atomic E-state index is -0.342. The fourth-order valence-electron chi connectivity index (χ4n) is 1.71. The molecule has 17 heavy (non-hydrogen) atoms. The lowest BCUT2D eigenvalue weighted by Gasteiger charge is -1.98. The second-order valence-electron chi connectivity index (χ2n) is 3.98. The average molecular weight is 239 g/mol. The number of hydrogen-bond acceptors (Lipinski definition) is 0. The second kappa shape index (κ2) is 5.61. The van der Waals surface area contributed by atoms with E-state index in [1.807, 2.05) is 12.1 Å². The second-order valence-corrected chi connectivity index (χ2v) is 5.89. The first kappa shape index (κ1) is 11.8. The summed E-state index contributed by atoms with van der Waals surface area (Å²) in [7, 11) is -0.342. The molecule has 0 aliphatic carbocycles. The summed E-state index contributed by atoms with van der Waals surface area (Å²) in [4.78, 5) is 0. The van der Waals surface area contributed by atoms with Crippen molar-refractivity contribution in [3.05, 3.63) is 72.3 Å². The molecular weight excluding hydrogens is 223 g/mol. The highest BCUT2D eigenvalue weighted by atomic mass is 31.1. The molecule has 0 aliphatic rings. The Morgan fingerprint density at radius 2 is 1.59 bits per heavy atom. The van der Waals surface area contributed by atoms with E-state index < -0.39 is 0 Å². The Bertz CT molecular complexity index is 509. The van der Waals surface area contributed by atoms with Gasteiger partial charge < -0.3 is 0 Å². The Morgan fingerprint density at radius 1 is 0.941 bits per heavy atom. The van der Waals surface area contributed by atoms with Crippen LogP contribution in [-0.4, -0.2) is 6.30 Å². The van der Waals surface area contributed by atoms with E-state index in [1.54, 1.807) is 0 Å². The zero-order valence-electron chi connectivity index (χ0n) is 9.84. The minimum Gasteiger partial charge on any atom is -0.0985 e. The lowest BCUT2D eigenvalue weighted by Crippen LogP contribution is -1.96. The van der Waals surface area contributed by atoms with Crippen molar-refractivity contribution in [2.45, 2.75) is 6.16 Å². The minimum absolute atomic E-state index is 0.342. The Morgan fingerprint density at radius 3 is 2.18 bits per heavy atom. The molecule has 2 aromatic rings. The molecule has 0 aromatic heterocycles. The van der Waals surface area contributed by atoms with E-state index in [-0.39, 0.29) is 7.55 Å². The van der Waals surface area contributed by atoms with E-state index in [0.29, 0.717) is 0 Å². The van der Waals surface area contributed by atoms with Gasteiger partial charge in [0.25, 0.3) is 0 Å². The highest BCUT2D eigenvalue weighted by molar-refractivity contribution is 7.62. The van der Waals surface area contributed by atoms with Crippen molar-refractivity contribution in [3.63, 3.8) is 0 Å². The van der Waals surface area contributed by atoms with Gasteiger partial charge in [-0.15, -0.1) is 0 Å². The summed E-state index contributed by atoms with van der Waals surface area (Å²) in [6.45, 7) is 3.76. The fraction of sp³-hybridized carbons (Fsp3) is 0.0625. The van der Waals surface area contributed by atoms with Gasteiger partial charge in [-0.1, -0.05) is 55.1 Å². The summed E-state index contributed by atoms with van der Waals surface area (Å²) in [5, 5.41) is 1.36. The van der Waals surface area contributed by atoms with Gasteiger partial charge in [-0.25, -0.2) is 0 Å². The molecule has 0 nitrogen and oxygen atoms in total. The largest absolute Gasteiger partial charge is 0.148 e. The van der Waals surface area contributed by atoms with Gasteiger partial charge in [-0.3, -0.25) is 0 Å². The van der Waals surface area contributed by atoms with Crippen LogP contribution >= 0.6 is 7.55 Å². The predicted molar refractivity (Wildman–Crippen MR) is 80.4 cm³/mol. The Labute approximate surface area is 104 Å². The number of hydrogen-bond donors (Lipinski definition) is 0. The molecule has 0 N–H and O–H groups in total. The van der Waals surface area contributed by atoms with Crippen LogP contribution in [0.2, 0.25) is 0 Å². The molecule has 1 unspecified atom stereocenters.